The van der Waals surface area contributed by atoms with E-state index in [1.54, 1.807) is 0 Å². The Labute approximate surface area is 199 Å². The van der Waals surface area contributed by atoms with Crippen LogP contribution in [-0.2, 0) is 15.8 Å². The summed E-state index contributed by atoms with van der Waals surface area (Å²) in [5.74, 6) is 0.461. The molecule has 0 fully saturated rings. The highest BCUT2D eigenvalue weighted by Gasteiger charge is 2.40. The van der Waals surface area contributed by atoms with E-state index in [1.165, 1.54) is 16.7 Å². The van der Waals surface area contributed by atoms with E-state index in [2.05, 4.69) is 87.9 Å². The Bertz CT molecular complexity index is 767. The third-order valence-electron chi connectivity index (χ3n) is 6.84. The lowest BCUT2D eigenvalue weighted by atomic mass is 9.75. The van der Waals surface area contributed by atoms with Gasteiger partial charge in [-0.05, 0) is 48.5 Å². The molecule has 3 atom stereocenters. The Kier molecular flexibility index (Phi) is 9.35. The predicted octanol–water partition coefficient (Wildman–Crippen LogP) is 6.88. The van der Waals surface area contributed by atoms with Crippen LogP contribution in [0, 0.1) is 11.8 Å². The van der Waals surface area contributed by atoms with Crippen LogP contribution < -0.4 is 0 Å². The second-order valence-corrected chi connectivity index (χ2v) is 17.0. The highest BCUT2D eigenvalue weighted by atomic mass is 79.9. The van der Waals surface area contributed by atoms with Crippen molar-refractivity contribution in [2.24, 2.45) is 11.8 Å². The van der Waals surface area contributed by atoms with E-state index in [4.69, 9.17) is 9.16 Å². The van der Waals surface area contributed by atoms with Crippen LogP contribution in [0.4, 0.5) is 0 Å². The van der Waals surface area contributed by atoms with Crippen molar-refractivity contribution >= 4 is 24.2 Å². The summed E-state index contributed by atoms with van der Waals surface area (Å²) in [6, 6.07) is 10.3. The van der Waals surface area contributed by atoms with Gasteiger partial charge in [0.05, 0.1) is 30.8 Å². The fraction of sp³-hybridized carbons (Fsp3) is 0.615. The average molecular weight is 510 g/mol. The Hall–Kier alpha value is -0.723. The van der Waals surface area contributed by atoms with E-state index in [0.29, 0.717) is 25.7 Å². The van der Waals surface area contributed by atoms with Gasteiger partial charge in [0.1, 0.15) is 0 Å². The summed E-state index contributed by atoms with van der Waals surface area (Å²) in [7, 11) is -1.79. The number of hydrogen-bond donors (Lipinski definition) is 1. The van der Waals surface area contributed by atoms with Gasteiger partial charge >= 0.3 is 0 Å². The first kappa shape index (κ1) is 26.5. The van der Waals surface area contributed by atoms with Gasteiger partial charge in [0.25, 0.3) is 0 Å². The molecule has 0 heterocycles. The monoisotopic (exact) mass is 508 g/mol. The van der Waals surface area contributed by atoms with Gasteiger partial charge in [0.15, 0.2) is 8.32 Å². The predicted molar refractivity (Wildman–Crippen MR) is 137 cm³/mol. The van der Waals surface area contributed by atoms with Gasteiger partial charge in [-0.1, -0.05) is 91.7 Å². The molecule has 5 heteroatoms. The Morgan fingerprint density at radius 2 is 1.87 bits per heavy atom. The molecule has 1 aliphatic rings. The Morgan fingerprint density at radius 1 is 1.23 bits per heavy atom. The molecule has 1 aromatic carbocycles. The molecule has 0 bridgehead atoms. The zero-order valence-corrected chi connectivity index (χ0v) is 23.0. The maximum Gasteiger partial charge on any atom is 0.192 e. The molecule has 0 radical (unpaired) electrons. The second-order valence-electron chi connectivity index (χ2n) is 10.6. The number of ether oxygens (including phenoxy) is 1. The number of alkyl halides is 1. The number of allylic oxidation sites excluding steroid dienone is 2. The molecular formula is C26H41BrO3Si. The third kappa shape index (κ3) is 7.39. The molecular weight excluding hydrogens is 468 g/mol. The third-order valence-corrected chi connectivity index (χ3v) is 12.4. The maximum absolute atomic E-state index is 10.2. The van der Waals surface area contributed by atoms with E-state index in [9.17, 15) is 5.11 Å². The van der Waals surface area contributed by atoms with Gasteiger partial charge < -0.3 is 14.3 Å². The molecule has 1 aromatic rings. The van der Waals surface area contributed by atoms with E-state index < -0.39 is 8.32 Å². The lowest BCUT2D eigenvalue weighted by Gasteiger charge is -2.40. The first-order valence-electron chi connectivity index (χ1n) is 11.3. The summed E-state index contributed by atoms with van der Waals surface area (Å²) in [5.41, 5.74) is 3.70. The fourth-order valence-corrected chi connectivity index (χ4v) is 5.38. The van der Waals surface area contributed by atoms with Gasteiger partial charge in [-0.15, -0.1) is 0 Å². The van der Waals surface area contributed by atoms with Crippen molar-refractivity contribution in [3.05, 3.63) is 59.2 Å². The number of benzene rings is 1. The van der Waals surface area contributed by atoms with Gasteiger partial charge in [0, 0.05) is 5.92 Å². The summed E-state index contributed by atoms with van der Waals surface area (Å²) in [5, 5.41) is 10.4. The van der Waals surface area contributed by atoms with Crippen molar-refractivity contribution in [1.29, 1.82) is 0 Å². The van der Waals surface area contributed by atoms with Crippen molar-refractivity contribution in [3.8, 4) is 0 Å². The molecule has 174 valence electrons. The zero-order valence-electron chi connectivity index (χ0n) is 20.4. The molecule has 31 heavy (non-hydrogen) atoms. The van der Waals surface area contributed by atoms with Crippen LogP contribution in [0.25, 0.3) is 0 Å². The zero-order chi connectivity index (χ0) is 23.3. The van der Waals surface area contributed by atoms with Gasteiger partial charge in [-0.2, -0.15) is 0 Å². The molecule has 0 aromatic heterocycles. The highest BCUT2D eigenvalue weighted by Crippen LogP contribution is 2.43. The molecule has 0 spiro atoms. The molecule has 1 aliphatic carbocycles. The number of aliphatic hydroxyl groups is 1. The molecule has 0 unspecified atom stereocenters. The lowest BCUT2D eigenvalue weighted by Crippen LogP contribution is -2.41. The summed E-state index contributed by atoms with van der Waals surface area (Å²) in [6.45, 7) is 17.7. The minimum Gasteiger partial charge on any atom is -0.413 e. The smallest absolute Gasteiger partial charge is 0.192 e. The first-order valence-corrected chi connectivity index (χ1v) is 15.0. The van der Waals surface area contributed by atoms with Crippen LogP contribution in [0.15, 0.2) is 53.6 Å². The van der Waals surface area contributed by atoms with Crippen molar-refractivity contribution in [3.63, 3.8) is 0 Å². The van der Waals surface area contributed by atoms with Crippen LogP contribution in [-0.4, -0.2) is 37.6 Å². The number of hydrogen-bond acceptors (Lipinski definition) is 3. The SMILES string of the molecule is C/C(=C\[C@@H]1C=C(COCc2ccccc2)[C@H](C)C[C@]1(Br)CO)CO[Si](C)(C)C(C)(C)C. The van der Waals surface area contributed by atoms with Crippen molar-refractivity contribution in [1.82, 2.24) is 0 Å². The van der Waals surface area contributed by atoms with E-state index in [0.717, 1.165) is 6.42 Å². The van der Waals surface area contributed by atoms with Crippen LogP contribution >= 0.6 is 15.9 Å². The lowest BCUT2D eigenvalue weighted by molar-refractivity contribution is 0.129. The molecule has 0 saturated heterocycles. The standard InChI is InChI=1S/C26H41BrO3Si/c1-20(16-30-31(6,7)25(3,4)5)13-24-14-23(21(2)15-26(24,27)19-28)18-29-17-22-11-9-8-10-12-22/h8-14,21,24,28H,15-19H2,1-7H3/b20-13+/t21-,24-,26+/m1/s1. The summed E-state index contributed by atoms with van der Waals surface area (Å²) >= 11 is 3.87. The minimum absolute atomic E-state index is 0.101. The van der Waals surface area contributed by atoms with E-state index in [1.807, 2.05) is 18.2 Å². The molecule has 1 N–H and O–H groups in total. The maximum atomic E-state index is 10.2. The van der Waals surface area contributed by atoms with Crippen LogP contribution in [0.5, 0.6) is 0 Å². The van der Waals surface area contributed by atoms with Crippen LogP contribution in [0.3, 0.4) is 0 Å². The summed E-state index contributed by atoms with van der Waals surface area (Å²) in [4.78, 5) is 0. The number of rotatable bonds is 9. The second kappa shape index (κ2) is 10.9. The largest absolute Gasteiger partial charge is 0.413 e. The Morgan fingerprint density at radius 3 is 2.45 bits per heavy atom. The first-order chi connectivity index (χ1) is 14.4. The topological polar surface area (TPSA) is 38.7 Å². The normalized spacial score (nSPS) is 25.5. The van der Waals surface area contributed by atoms with Crippen molar-refractivity contribution < 1.29 is 14.3 Å². The highest BCUT2D eigenvalue weighted by molar-refractivity contribution is 9.10. The molecule has 0 saturated carbocycles. The van der Waals surface area contributed by atoms with Crippen LogP contribution in [0.1, 0.15) is 46.6 Å². The Balaban J connectivity index is 2.10. The minimum atomic E-state index is -1.79. The molecule has 3 nitrogen and oxygen atoms in total. The van der Waals surface area contributed by atoms with Gasteiger partial charge in [-0.3, -0.25) is 0 Å². The van der Waals surface area contributed by atoms with Crippen molar-refractivity contribution in [2.75, 3.05) is 19.8 Å². The van der Waals surface area contributed by atoms with Gasteiger partial charge in [0.2, 0.25) is 0 Å². The summed E-state index contributed by atoms with van der Waals surface area (Å²) in [6.07, 6.45) is 5.43. The van der Waals surface area contributed by atoms with E-state index in [-0.39, 0.29) is 21.9 Å². The molecule has 0 aliphatic heterocycles. The van der Waals surface area contributed by atoms with E-state index >= 15 is 0 Å². The van der Waals surface area contributed by atoms with Crippen molar-refractivity contribution in [2.45, 2.75) is 70.1 Å². The van der Waals surface area contributed by atoms with Gasteiger partial charge in [-0.25, -0.2) is 0 Å². The fourth-order valence-electron chi connectivity index (χ4n) is 3.60. The quantitative estimate of drug-likeness (QED) is 0.224. The number of aliphatic hydroxyl groups excluding tert-OH is 1. The average Bonchev–Trinajstić information content (AvgIpc) is 2.70. The number of halogens is 1. The molecule has 0 amide bonds. The van der Waals surface area contributed by atoms with Crippen LogP contribution in [0.2, 0.25) is 18.1 Å². The molecule has 2 rings (SSSR count). The summed E-state index contributed by atoms with van der Waals surface area (Å²) < 4.78 is 12.1.